The van der Waals surface area contributed by atoms with Gasteiger partial charge < -0.3 is 4.74 Å². The Morgan fingerprint density at radius 3 is 2.33 bits per heavy atom. The summed E-state index contributed by atoms with van der Waals surface area (Å²) in [4.78, 5) is 23.0. The topological polar surface area (TPSA) is 43.4 Å². The summed E-state index contributed by atoms with van der Waals surface area (Å²) in [5.74, 6) is 0.485. The number of hydrogen-bond acceptors (Lipinski definition) is 3. The highest BCUT2D eigenvalue weighted by Gasteiger charge is 2.13. The van der Waals surface area contributed by atoms with E-state index in [0.717, 1.165) is 0 Å². The minimum absolute atomic E-state index is 0.198. The van der Waals surface area contributed by atoms with Gasteiger partial charge in [-0.1, -0.05) is 24.3 Å². The van der Waals surface area contributed by atoms with Crippen LogP contribution in [0.5, 0.6) is 5.75 Å². The molecule has 0 saturated carbocycles. The molecule has 0 amide bonds. The Labute approximate surface area is 105 Å². The summed E-state index contributed by atoms with van der Waals surface area (Å²) in [5, 5.41) is 0. The van der Waals surface area contributed by atoms with Gasteiger partial charge in [0, 0.05) is 16.7 Å². The third kappa shape index (κ3) is 2.30. The lowest BCUT2D eigenvalue weighted by Crippen LogP contribution is -2.04. The van der Waals surface area contributed by atoms with Gasteiger partial charge in [-0.3, -0.25) is 9.59 Å². The summed E-state index contributed by atoms with van der Waals surface area (Å²) in [6.45, 7) is 0. The summed E-state index contributed by atoms with van der Waals surface area (Å²) in [6.07, 6.45) is 1.77. The molecule has 2 aromatic carbocycles. The van der Waals surface area contributed by atoms with Crippen molar-refractivity contribution in [1.29, 1.82) is 0 Å². The third-order valence-corrected chi connectivity index (χ3v) is 2.63. The molecule has 3 heteroatoms. The molecule has 1 radical (unpaired) electrons. The van der Waals surface area contributed by atoms with E-state index >= 15 is 0 Å². The average molecular weight is 239 g/mol. The minimum atomic E-state index is -0.198. The maximum atomic E-state index is 12.2. The molecule has 2 rings (SSSR count). The second-order valence-electron chi connectivity index (χ2n) is 3.71. The maximum Gasteiger partial charge on any atom is 0.234 e. The van der Waals surface area contributed by atoms with Crippen molar-refractivity contribution in [1.82, 2.24) is 0 Å². The van der Waals surface area contributed by atoms with E-state index in [0.29, 0.717) is 16.9 Å². The summed E-state index contributed by atoms with van der Waals surface area (Å²) >= 11 is 0. The highest BCUT2D eigenvalue weighted by Crippen LogP contribution is 2.16. The van der Waals surface area contributed by atoms with Gasteiger partial charge >= 0.3 is 0 Å². The van der Waals surface area contributed by atoms with Crippen LogP contribution in [0.4, 0.5) is 0 Å². The summed E-state index contributed by atoms with van der Waals surface area (Å²) < 4.78 is 5.03. The summed E-state index contributed by atoms with van der Waals surface area (Å²) in [5.41, 5.74) is 1.15. The molecule has 2 aromatic rings. The van der Waals surface area contributed by atoms with Crippen molar-refractivity contribution in [3.05, 3.63) is 65.2 Å². The van der Waals surface area contributed by atoms with E-state index in [1.807, 2.05) is 0 Å². The zero-order valence-corrected chi connectivity index (χ0v) is 9.84. The lowest BCUT2D eigenvalue weighted by atomic mass is 9.99. The van der Waals surface area contributed by atoms with Gasteiger partial charge in [-0.25, -0.2) is 0 Å². The number of hydrogen-bond donors (Lipinski definition) is 0. The molecule has 18 heavy (non-hydrogen) atoms. The molecular formula is C15H11O3. The van der Waals surface area contributed by atoms with Crippen LogP contribution >= 0.6 is 0 Å². The quantitative estimate of drug-likeness (QED) is 0.769. The van der Waals surface area contributed by atoms with Gasteiger partial charge in [-0.05, 0) is 24.3 Å². The first-order chi connectivity index (χ1) is 8.76. The van der Waals surface area contributed by atoms with Crippen molar-refractivity contribution in [3.8, 4) is 5.75 Å². The lowest BCUT2D eigenvalue weighted by molar-refractivity contribution is 0.103. The van der Waals surface area contributed by atoms with Gasteiger partial charge in [0.15, 0.2) is 5.78 Å². The Hall–Kier alpha value is -2.42. The Balaban J connectivity index is 2.38. The van der Waals surface area contributed by atoms with Gasteiger partial charge in [0.1, 0.15) is 5.75 Å². The number of methoxy groups -OCH3 is 1. The number of rotatable bonds is 4. The molecule has 89 valence electrons. The molecular weight excluding hydrogens is 228 g/mol. The van der Waals surface area contributed by atoms with Crippen LogP contribution in [0, 0.1) is 0 Å². The first-order valence-electron chi connectivity index (χ1n) is 5.42. The van der Waals surface area contributed by atoms with Crippen LogP contribution in [0.1, 0.15) is 21.5 Å². The van der Waals surface area contributed by atoms with E-state index in [1.54, 1.807) is 61.9 Å². The predicted molar refractivity (Wildman–Crippen MR) is 67.7 cm³/mol. The standard InChI is InChI=1S/C15H11O3/c1-18-13-8-6-11(7-9-13)15(17)14-5-3-2-4-12(14)10-16/h2-9H,1H3. The van der Waals surface area contributed by atoms with Crippen LogP contribution in [0.25, 0.3) is 0 Å². The molecule has 0 spiro atoms. The van der Waals surface area contributed by atoms with E-state index in [1.165, 1.54) is 0 Å². The molecule has 0 unspecified atom stereocenters. The Morgan fingerprint density at radius 1 is 1.06 bits per heavy atom. The van der Waals surface area contributed by atoms with E-state index < -0.39 is 0 Å². The third-order valence-electron chi connectivity index (χ3n) is 2.63. The van der Waals surface area contributed by atoms with Gasteiger partial charge in [0.2, 0.25) is 6.29 Å². The number of ether oxygens (including phenoxy) is 1. The fourth-order valence-electron chi connectivity index (χ4n) is 1.67. The van der Waals surface area contributed by atoms with Gasteiger partial charge in [0.05, 0.1) is 7.11 Å². The van der Waals surface area contributed by atoms with Gasteiger partial charge in [-0.15, -0.1) is 0 Å². The first kappa shape index (κ1) is 12.0. The molecule has 0 aliphatic rings. The molecule has 0 aliphatic carbocycles. The Morgan fingerprint density at radius 2 is 1.72 bits per heavy atom. The summed E-state index contributed by atoms with van der Waals surface area (Å²) in [6, 6.07) is 13.4. The van der Waals surface area contributed by atoms with Gasteiger partial charge in [0.25, 0.3) is 0 Å². The molecule has 0 aliphatic heterocycles. The second kappa shape index (κ2) is 5.27. The van der Waals surface area contributed by atoms with Crippen LogP contribution in [0.2, 0.25) is 0 Å². The molecule has 0 saturated heterocycles. The molecule has 3 nitrogen and oxygen atoms in total. The number of benzene rings is 2. The fraction of sp³-hybridized carbons (Fsp3) is 0.0667. The zero-order valence-electron chi connectivity index (χ0n) is 9.84. The maximum absolute atomic E-state index is 12.2. The van der Waals surface area contributed by atoms with E-state index in [4.69, 9.17) is 4.74 Å². The molecule has 0 fully saturated rings. The number of ketones is 1. The largest absolute Gasteiger partial charge is 0.497 e. The lowest BCUT2D eigenvalue weighted by Gasteiger charge is -2.04. The van der Waals surface area contributed by atoms with Crippen LogP contribution in [-0.2, 0) is 4.79 Å². The molecule has 0 heterocycles. The molecule has 0 atom stereocenters. The van der Waals surface area contributed by atoms with E-state index in [9.17, 15) is 9.59 Å². The highest BCUT2D eigenvalue weighted by atomic mass is 16.5. The first-order valence-corrected chi connectivity index (χ1v) is 5.42. The second-order valence-corrected chi connectivity index (χ2v) is 3.71. The molecule has 0 bridgehead atoms. The van der Waals surface area contributed by atoms with Crippen LogP contribution in [0.15, 0.2) is 48.5 Å². The highest BCUT2D eigenvalue weighted by molar-refractivity contribution is 6.12. The smallest absolute Gasteiger partial charge is 0.234 e. The molecule has 0 N–H and O–H groups in total. The van der Waals surface area contributed by atoms with E-state index in [-0.39, 0.29) is 11.3 Å². The van der Waals surface area contributed by atoms with Crippen molar-refractivity contribution in [3.63, 3.8) is 0 Å². The van der Waals surface area contributed by atoms with Crippen LogP contribution in [-0.4, -0.2) is 19.2 Å². The number of carbonyl (C=O) groups is 1. The van der Waals surface area contributed by atoms with Crippen LogP contribution in [0.3, 0.4) is 0 Å². The summed E-state index contributed by atoms with van der Waals surface area (Å²) in [7, 11) is 1.56. The normalized spacial score (nSPS) is 9.83. The Kier molecular flexibility index (Phi) is 3.53. The van der Waals surface area contributed by atoms with Crippen LogP contribution < -0.4 is 4.74 Å². The predicted octanol–water partition coefficient (Wildman–Crippen LogP) is 2.38. The van der Waals surface area contributed by atoms with Crippen molar-refractivity contribution in [2.75, 3.05) is 7.11 Å². The zero-order chi connectivity index (χ0) is 13.0. The average Bonchev–Trinajstić information content (AvgIpc) is 2.46. The van der Waals surface area contributed by atoms with Crippen molar-refractivity contribution in [2.24, 2.45) is 0 Å². The minimum Gasteiger partial charge on any atom is -0.497 e. The van der Waals surface area contributed by atoms with Crippen molar-refractivity contribution < 1.29 is 14.3 Å². The number of carbonyl (C=O) groups excluding carboxylic acids is 2. The monoisotopic (exact) mass is 239 g/mol. The fourth-order valence-corrected chi connectivity index (χ4v) is 1.67. The Bertz CT molecular complexity index is 571. The van der Waals surface area contributed by atoms with Gasteiger partial charge in [-0.2, -0.15) is 0 Å². The van der Waals surface area contributed by atoms with E-state index in [2.05, 4.69) is 0 Å². The van der Waals surface area contributed by atoms with Crippen molar-refractivity contribution >= 4 is 12.1 Å². The van der Waals surface area contributed by atoms with Crippen molar-refractivity contribution in [2.45, 2.75) is 0 Å². The molecule has 0 aromatic heterocycles. The SMILES string of the molecule is COc1ccc(C(=O)c2ccccc2[C]=O)cc1.